The molecule has 3 N–H and O–H groups in total. The highest BCUT2D eigenvalue weighted by Crippen LogP contribution is 2.25. The molecule has 6 heteroatoms. The molecule has 88 valence electrons. The van der Waals surface area contributed by atoms with Crippen LogP contribution in [0.25, 0.3) is 0 Å². The Hall–Kier alpha value is -1.37. The van der Waals surface area contributed by atoms with Crippen LogP contribution in [0.3, 0.4) is 0 Å². The van der Waals surface area contributed by atoms with Crippen LogP contribution in [0.5, 0.6) is 0 Å². The summed E-state index contributed by atoms with van der Waals surface area (Å²) in [5.41, 5.74) is 0. The van der Waals surface area contributed by atoms with Gasteiger partial charge in [0.05, 0.1) is 12.7 Å². The molecule has 0 radical (unpaired) electrons. The van der Waals surface area contributed by atoms with E-state index in [1.807, 2.05) is 0 Å². The summed E-state index contributed by atoms with van der Waals surface area (Å²) in [6.07, 6.45) is 1.59. The van der Waals surface area contributed by atoms with Gasteiger partial charge in [0.25, 0.3) is 5.91 Å². The Morgan fingerprint density at radius 2 is 2.44 bits per heavy atom. The lowest BCUT2D eigenvalue weighted by Crippen LogP contribution is -2.41. The summed E-state index contributed by atoms with van der Waals surface area (Å²) in [5, 5.41) is 21.1. The van der Waals surface area contributed by atoms with Gasteiger partial charge in [-0.1, -0.05) is 6.58 Å². The van der Waals surface area contributed by atoms with Crippen molar-refractivity contribution >= 4 is 5.91 Å². The molecule has 0 saturated carbocycles. The molecular formula is C10H14N2O4. The first-order valence-electron chi connectivity index (χ1n) is 5.02. The van der Waals surface area contributed by atoms with E-state index < -0.39 is 18.4 Å². The van der Waals surface area contributed by atoms with E-state index in [0.717, 1.165) is 0 Å². The third-order valence-electron chi connectivity index (χ3n) is 2.66. The number of hydrogen-bond donors (Lipinski definition) is 3. The Kier molecular flexibility index (Phi) is 2.95. The van der Waals surface area contributed by atoms with Gasteiger partial charge in [-0.25, -0.2) is 0 Å². The molecule has 1 saturated heterocycles. The fourth-order valence-electron chi connectivity index (χ4n) is 1.81. The summed E-state index contributed by atoms with van der Waals surface area (Å²) in [5.74, 6) is 0.168. The van der Waals surface area contributed by atoms with E-state index in [-0.39, 0.29) is 12.5 Å². The normalized spacial score (nSPS) is 34.4. The number of hydrogen-bond acceptors (Lipinski definition) is 5. The second-order valence-electron chi connectivity index (χ2n) is 3.77. The van der Waals surface area contributed by atoms with Crippen LogP contribution in [0, 0.1) is 0 Å². The zero-order valence-corrected chi connectivity index (χ0v) is 8.67. The number of amides is 1. The quantitative estimate of drug-likeness (QED) is 0.521. The van der Waals surface area contributed by atoms with Gasteiger partial charge in [-0.2, -0.15) is 0 Å². The lowest BCUT2D eigenvalue weighted by atomic mass is 10.2. The number of nitrogens with one attached hydrogen (secondary N) is 1. The van der Waals surface area contributed by atoms with Crippen LogP contribution in [-0.2, 0) is 9.53 Å². The molecule has 2 aliphatic rings. The average molecular weight is 228 g/mol. The molecule has 2 aliphatic heterocycles. The van der Waals surface area contributed by atoms with E-state index in [1.165, 1.54) is 6.08 Å². The van der Waals surface area contributed by atoms with Crippen molar-refractivity contribution in [3.05, 3.63) is 24.7 Å². The topological polar surface area (TPSA) is 82.0 Å². The summed E-state index contributed by atoms with van der Waals surface area (Å²) in [7, 11) is 0. The Morgan fingerprint density at radius 1 is 1.69 bits per heavy atom. The Bertz CT molecular complexity index is 342. The maximum Gasteiger partial charge on any atom is 0.250 e. The maximum atomic E-state index is 11.0. The molecule has 0 bridgehead atoms. The molecule has 2 rings (SSSR count). The van der Waals surface area contributed by atoms with Gasteiger partial charge in [-0.15, -0.1) is 0 Å². The Balaban J connectivity index is 2.07. The first-order chi connectivity index (χ1) is 7.61. The third-order valence-corrected chi connectivity index (χ3v) is 2.66. The lowest BCUT2D eigenvalue weighted by Gasteiger charge is -2.30. The summed E-state index contributed by atoms with van der Waals surface area (Å²) >= 11 is 0. The molecule has 0 aliphatic carbocycles. The van der Waals surface area contributed by atoms with Gasteiger partial charge in [0.2, 0.25) is 0 Å². The molecule has 6 nitrogen and oxygen atoms in total. The first kappa shape index (κ1) is 11.1. The number of ether oxygens (including phenoxy) is 1. The van der Waals surface area contributed by atoms with E-state index >= 15 is 0 Å². The molecule has 0 aromatic carbocycles. The van der Waals surface area contributed by atoms with E-state index in [0.29, 0.717) is 12.2 Å². The van der Waals surface area contributed by atoms with E-state index in [2.05, 4.69) is 11.9 Å². The molecule has 0 spiro atoms. The van der Waals surface area contributed by atoms with Gasteiger partial charge in [0.15, 0.2) is 0 Å². The summed E-state index contributed by atoms with van der Waals surface area (Å²) in [4.78, 5) is 12.6. The molecule has 1 fully saturated rings. The van der Waals surface area contributed by atoms with Crippen molar-refractivity contribution in [1.29, 1.82) is 0 Å². The second kappa shape index (κ2) is 4.25. The number of carbonyl (C=O) groups excluding carboxylic acids is 1. The van der Waals surface area contributed by atoms with Crippen LogP contribution < -0.4 is 5.32 Å². The van der Waals surface area contributed by atoms with E-state index in [1.54, 1.807) is 11.1 Å². The van der Waals surface area contributed by atoms with Crippen molar-refractivity contribution in [3.63, 3.8) is 0 Å². The SMILES string of the molecule is C=C1NC(=[18O])C=CN1[C@H]1CC(O)[C@@H](CO)O1. The molecule has 1 amide bonds. The van der Waals surface area contributed by atoms with Crippen molar-refractivity contribution in [1.82, 2.24) is 10.2 Å². The predicted octanol–water partition coefficient (Wildman–Crippen LogP) is -1.13. The molecule has 3 atom stereocenters. The zero-order valence-electron chi connectivity index (χ0n) is 8.67. The molecular weight excluding hydrogens is 214 g/mol. The fraction of sp³-hybridized carbons (Fsp3) is 0.500. The van der Waals surface area contributed by atoms with E-state index in [9.17, 15) is 9.90 Å². The van der Waals surface area contributed by atoms with Gasteiger partial charge >= 0.3 is 0 Å². The Morgan fingerprint density at radius 3 is 3.00 bits per heavy atom. The minimum Gasteiger partial charge on any atom is -0.394 e. The second-order valence-corrected chi connectivity index (χ2v) is 3.77. The number of rotatable bonds is 2. The van der Waals surface area contributed by atoms with Gasteiger partial charge in [0, 0.05) is 18.7 Å². The number of carbonyl (C=O) groups is 1. The smallest absolute Gasteiger partial charge is 0.250 e. The standard InChI is InChI=1S/C10H14N2O4/c1-6-11-9(15)2-3-12(6)10-4-7(14)8(5-13)16-10/h2-3,7-8,10,13-14H,1,4-5H2,(H,11,15)/t7?,8-,10-/m1/s1/i15+2. The minimum atomic E-state index is -0.700. The van der Waals surface area contributed by atoms with Crippen molar-refractivity contribution in [2.45, 2.75) is 24.9 Å². The van der Waals surface area contributed by atoms with Crippen LogP contribution in [0.4, 0.5) is 0 Å². The summed E-state index contributed by atoms with van der Waals surface area (Å²) in [6.45, 7) is 3.46. The molecule has 0 aromatic rings. The monoisotopic (exact) mass is 228 g/mol. The molecule has 16 heavy (non-hydrogen) atoms. The van der Waals surface area contributed by atoms with Crippen molar-refractivity contribution < 1.29 is 19.7 Å². The van der Waals surface area contributed by atoms with Crippen molar-refractivity contribution in [2.75, 3.05) is 6.61 Å². The number of aliphatic hydroxyl groups excluding tert-OH is 2. The van der Waals surface area contributed by atoms with Crippen molar-refractivity contribution in [2.24, 2.45) is 0 Å². The zero-order chi connectivity index (χ0) is 11.7. The van der Waals surface area contributed by atoms with Crippen LogP contribution in [-0.4, -0.2) is 46.1 Å². The largest absolute Gasteiger partial charge is 0.394 e. The highest BCUT2D eigenvalue weighted by Gasteiger charge is 2.37. The van der Waals surface area contributed by atoms with Crippen molar-refractivity contribution in [3.8, 4) is 0 Å². The lowest BCUT2D eigenvalue weighted by molar-refractivity contribution is -0.117. The highest BCUT2D eigenvalue weighted by molar-refractivity contribution is 5.89. The molecule has 0 aromatic heterocycles. The molecule has 2 heterocycles. The summed E-state index contributed by atoms with van der Waals surface area (Å²) in [6, 6.07) is 0. The van der Waals surface area contributed by atoms with Gasteiger partial charge in [-0.3, -0.25) is 4.79 Å². The summed E-state index contributed by atoms with van der Waals surface area (Å²) < 4.78 is 5.43. The minimum absolute atomic E-state index is 0.228. The highest BCUT2D eigenvalue weighted by atomic mass is 18.1. The van der Waals surface area contributed by atoms with Gasteiger partial charge in [0.1, 0.15) is 18.2 Å². The van der Waals surface area contributed by atoms with Gasteiger partial charge < -0.3 is 25.2 Å². The van der Waals surface area contributed by atoms with Crippen LogP contribution in [0.2, 0.25) is 0 Å². The Labute approximate surface area is 92.8 Å². The van der Waals surface area contributed by atoms with Gasteiger partial charge in [-0.05, 0) is 0 Å². The predicted molar refractivity (Wildman–Crippen MR) is 54.6 cm³/mol. The van der Waals surface area contributed by atoms with E-state index in [4.69, 9.17) is 9.84 Å². The first-order valence-corrected chi connectivity index (χ1v) is 5.02. The van der Waals surface area contributed by atoms with Crippen LogP contribution >= 0.6 is 0 Å². The van der Waals surface area contributed by atoms with Crippen LogP contribution in [0.15, 0.2) is 24.7 Å². The number of aliphatic hydroxyl groups is 2. The van der Waals surface area contributed by atoms with Crippen LogP contribution in [0.1, 0.15) is 6.42 Å². The maximum absolute atomic E-state index is 11.0. The fourth-order valence-corrected chi connectivity index (χ4v) is 1.81. The third kappa shape index (κ3) is 1.95. The average Bonchev–Trinajstić information content (AvgIpc) is 2.59. The molecule has 1 unspecified atom stereocenters. The number of nitrogens with zero attached hydrogens (tertiary/aromatic N) is 1.